The Kier molecular flexibility index (Phi) is 6.17. The van der Waals surface area contributed by atoms with Gasteiger partial charge in [0.15, 0.2) is 0 Å². The predicted octanol–water partition coefficient (Wildman–Crippen LogP) is 2.59. The van der Waals surface area contributed by atoms with E-state index in [2.05, 4.69) is 5.32 Å². The van der Waals surface area contributed by atoms with Crippen molar-refractivity contribution in [2.24, 2.45) is 5.73 Å². The van der Waals surface area contributed by atoms with E-state index in [0.717, 1.165) is 5.56 Å². The number of carbonyl (C=O) groups excluding carboxylic acids is 2. The van der Waals surface area contributed by atoms with Crippen LogP contribution in [-0.4, -0.2) is 22.8 Å². The first-order valence-electron chi connectivity index (χ1n) is 7.05. The van der Waals surface area contributed by atoms with Gasteiger partial charge in [0.25, 0.3) is 0 Å². The van der Waals surface area contributed by atoms with Gasteiger partial charge in [-0.1, -0.05) is 30.3 Å². The van der Waals surface area contributed by atoms with E-state index in [0.29, 0.717) is 12.1 Å². The SMILES string of the molecule is NC(=O)[C@@H](Cc1ccc(F)cc1)SCC(=O)Nc1ccccc1. The fraction of sp³-hybridized carbons (Fsp3) is 0.176. The molecule has 0 aliphatic carbocycles. The van der Waals surface area contributed by atoms with Crippen molar-refractivity contribution in [3.8, 4) is 0 Å². The number of nitrogens with two attached hydrogens (primary N) is 1. The lowest BCUT2D eigenvalue weighted by Crippen LogP contribution is -2.29. The van der Waals surface area contributed by atoms with Crippen LogP contribution in [0.2, 0.25) is 0 Å². The molecule has 0 aliphatic rings. The molecule has 2 aromatic rings. The number of carbonyl (C=O) groups is 2. The highest BCUT2D eigenvalue weighted by molar-refractivity contribution is 8.01. The van der Waals surface area contributed by atoms with Gasteiger partial charge in [0.2, 0.25) is 11.8 Å². The highest BCUT2D eigenvalue weighted by atomic mass is 32.2. The third-order valence-corrected chi connectivity index (χ3v) is 4.36. The topological polar surface area (TPSA) is 72.2 Å². The number of benzene rings is 2. The number of halogens is 1. The number of para-hydroxylation sites is 1. The highest BCUT2D eigenvalue weighted by Gasteiger charge is 2.18. The zero-order valence-corrected chi connectivity index (χ0v) is 13.2. The molecular formula is C17H17FN2O2S. The van der Waals surface area contributed by atoms with Gasteiger partial charge in [-0.15, -0.1) is 11.8 Å². The molecule has 0 aromatic heterocycles. The lowest BCUT2D eigenvalue weighted by molar-refractivity contribution is -0.117. The van der Waals surface area contributed by atoms with Crippen LogP contribution >= 0.6 is 11.8 Å². The molecule has 0 bridgehead atoms. The first-order chi connectivity index (χ1) is 11.0. The number of hydrogen-bond acceptors (Lipinski definition) is 3. The Balaban J connectivity index is 1.88. The van der Waals surface area contributed by atoms with E-state index in [1.807, 2.05) is 18.2 Å². The van der Waals surface area contributed by atoms with Crippen LogP contribution in [0.15, 0.2) is 54.6 Å². The van der Waals surface area contributed by atoms with Gasteiger partial charge in [-0.2, -0.15) is 0 Å². The molecule has 2 aromatic carbocycles. The maximum absolute atomic E-state index is 12.9. The first-order valence-corrected chi connectivity index (χ1v) is 8.10. The summed E-state index contributed by atoms with van der Waals surface area (Å²) in [6, 6.07) is 15.0. The van der Waals surface area contributed by atoms with E-state index < -0.39 is 11.2 Å². The Bertz CT molecular complexity index is 662. The number of nitrogens with one attached hydrogen (secondary N) is 1. The van der Waals surface area contributed by atoms with Crippen molar-refractivity contribution in [2.75, 3.05) is 11.1 Å². The predicted molar refractivity (Wildman–Crippen MR) is 90.6 cm³/mol. The Morgan fingerprint density at radius 1 is 1.09 bits per heavy atom. The van der Waals surface area contributed by atoms with E-state index in [9.17, 15) is 14.0 Å². The molecule has 3 N–H and O–H groups in total. The molecule has 0 saturated carbocycles. The summed E-state index contributed by atoms with van der Waals surface area (Å²) >= 11 is 1.18. The van der Waals surface area contributed by atoms with Crippen LogP contribution in [0.3, 0.4) is 0 Å². The van der Waals surface area contributed by atoms with Crippen LogP contribution in [-0.2, 0) is 16.0 Å². The molecule has 0 radical (unpaired) electrons. The van der Waals surface area contributed by atoms with Crippen LogP contribution in [0.1, 0.15) is 5.56 Å². The molecule has 1 atom stereocenters. The molecule has 2 rings (SSSR count). The number of rotatable bonds is 7. The molecule has 4 nitrogen and oxygen atoms in total. The Morgan fingerprint density at radius 2 is 1.74 bits per heavy atom. The Hall–Kier alpha value is -2.34. The standard InChI is InChI=1S/C17H17FN2O2S/c18-13-8-6-12(7-9-13)10-15(17(19)22)23-11-16(21)20-14-4-2-1-3-5-14/h1-9,15H,10-11H2,(H2,19,22)(H,20,21)/t15-/m1/s1. The average molecular weight is 332 g/mol. The van der Waals surface area contributed by atoms with E-state index in [-0.39, 0.29) is 17.5 Å². The summed E-state index contributed by atoms with van der Waals surface area (Å²) in [5, 5.41) is 2.21. The second kappa shape index (κ2) is 8.33. The molecule has 0 unspecified atom stereocenters. The normalized spacial score (nSPS) is 11.7. The van der Waals surface area contributed by atoms with Crippen molar-refractivity contribution in [1.82, 2.24) is 0 Å². The second-order valence-electron chi connectivity index (χ2n) is 4.95. The fourth-order valence-electron chi connectivity index (χ4n) is 1.97. The number of anilines is 1. The molecule has 0 spiro atoms. The minimum absolute atomic E-state index is 0.115. The first kappa shape index (κ1) is 17.0. The lowest BCUT2D eigenvalue weighted by Gasteiger charge is -2.13. The van der Waals surface area contributed by atoms with Crippen molar-refractivity contribution in [2.45, 2.75) is 11.7 Å². The van der Waals surface area contributed by atoms with Crippen molar-refractivity contribution >= 4 is 29.3 Å². The third kappa shape index (κ3) is 5.75. The van der Waals surface area contributed by atoms with Crippen LogP contribution in [0, 0.1) is 5.82 Å². The van der Waals surface area contributed by atoms with Crippen molar-refractivity contribution in [1.29, 1.82) is 0 Å². The van der Waals surface area contributed by atoms with Gasteiger partial charge < -0.3 is 11.1 Å². The summed E-state index contributed by atoms with van der Waals surface area (Å²) < 4.78 is 12.9. The minimum atomic E-state index is -0.540. The average Bonchev–Trinajstić information content (AvgIpc) is 2.54. The maximum atomic E-state index is 12.9. The highest BCUT2D eigenvalue weighted by Crippen LogP contribution is 2.17. The summed E-state index contributed by atoms with van der Waals surface area (Å²) in [4.78, 5) is 23.4. The lowest BCUT2D eigenvalue weighted by atomic mass is 10.1. The van der Waals surface area contributed by atoms with E-state index >= 15 is 0 Å². The van der Waals surface area contributed by atoms with Crippen LogP contribution in [0.25, 0.3) is 0 Å². The van der Waals surface area contributed by atoms with E-state index in [1.54, 1.807) is 24.3 Å². The second-order valence-corrected chi connectivity index (χ2v) is 6.14. The van der Waals surface area contributed by atoms with Gasteiger partial charge in [0, 0.05) is 5.69 Å². The van der Waals surface area contributed by atoms with Crippen molar-refractivity contribution in [3.63, 3.8) is 0 Å². The molecule has 23 heavy (non-hydrogen) atoms. The van der Waals surface area contributed by atoms with Crippen LogP contribution < -0.4 is 11.1 Å². The van der Waals surface area contributed by atoms with Gasteiger partial charge in [0.1, 0.15) is 5.82 Å². The molecule has 0 saturated heterocycles. The number of thioether (sulfide) groups is 1. The number of amides is 2. The van der Waals surface area contributed by atoms with Crippen molar-refractivity contribution < 1.29 is 14.0 Å². The third-order valence-electron chi connectivity index (χ3n) is 3.12. The van der Waals surface area contributed by atoms with Gasteiger partial charge in [-0.05, 0) is 36.2 Å². The molecule has 6 heteroatoms. The Morgan fingerprint density at radius 3 is 2.35 bits per heavy atom. The zero-order valence-electron chi connectivity index (χ0n) is 12.4. The van der Waals surface area contributed by atoms with Gasteiger partial charge in [0.05, 0.1) is 11.0 Å². The van der Waals surface area contributed by atoms with Crippen LogP contribution in [0.5, 0.6) is 0 Å². The van der Waals surface area contributed by atoms with Crippen LogP contribution in [0.4, 0.5) is 10.1 Å². The largest absolute Gasteiger partial charge is 0.369 e. The van der Waals surface area contributed by atoms with Gasteiger partial charge in [-0.3, -0.25) is 9.59 Å². The summed E-state index contributed by atoms with van der Waals surface area (Å²) in [6.45, 7) is 0. The molecular weight excluding hydrogens is 315 g/mol. The monoisotopic (exact) mass is 332 g/mol. The summed E-state index contributed by atoms with van der Waals surface area (Å²) in [5.74, 6) is -0.915. The smallest absolute Gasteiger partial charge is 0.234 e. The molecule has 0 heterocycles. The molecule has 0 fully saturated rings. The summed E-state index contributed by atoms with van der Waals surface area (Å²) in [7, 11) is 0. The minimum Gasteiger partial charge on any atom is -0.369 e. The molecule has 0 aliphatic heterocycles. The summed E-state index contributed by atoms with van der Waals surface area (Å²) in [5.41, 5.74) is 6.89. The van der Waals surface area contributed by atoms with Gasteiger partial charge in [-0.25, -0.2) is 4.39 Å². The van der Waals surface area contributed by atoms with E-state index in [1.165, 1.54) is 23.9 Å². The van der Waals surface area contributed by atoms with Crippen molar-refractivity contribution in [3.05, 3.63) is 66.0 Å². The quantitative estimate of drug-likeness (QED) is 0.818. The molecule has 2 amide bonds. The number of hydrogen-bond donors (Lipinski definition) is 2. The Labute approximate surface area is 138 Å². The summed E-state index contributed by atoms with van der Waals surface area (Å²) in [6.07, 6.45) is 0.360. The number of primary amides is 1. The molecule has 120 valence electrons. The van der Waals surface area contributed by atoms with Gasteiger partial charge >= 0.3 is 0 Å². The maximum Gasteiger partial charge on any atom is 0.234 e. The fourth-order valence-corrected chi connectivity index (χ4v) is 2.87. The van der Waals surface area contributed by atoms with E-state index in [4.69, 9.17) is 5.73 Å². The zero-order chi connectivity index (χ0) is 16.7.